The van der Waals surface area contributed by atoms with Gasteiger partial charge in [-0.15, -0.1) is 0 Å². The number of likely N-dealkylation sites (tertiary alicyclic amines) is 1. The fraction of sp³-hybridized carbons (Fsp3) is 0.500. The molecule has 1 saturated heterocycles. The van der Waals surface area contributed by atoms with Gasteiger partial charge in [-0.1, -0.05) is 37.8 Å². The Hall–Kier alpha value is -2.75. The Balaban J connectivity index is 1.66. The monoisotopic (exact) mass is 494 g/mol. The van der Waals surface area contributed by atoms with E-state index in [0.717, 1.165) is 4.90 Å². The van der Waals surface area contributed by atoms with Crippen molar-refractivity contribution in [1.29, 1.82) is 0 Å². The molecule has 1 fully saturated rings. The summed E-state index contributed by atoms with van der Waals surface area (Å²) in [7, 11) is 0. The Morgan fingerprint density at radius 2 is 1.62 bits per heavy atom. The zero-order valence-electron chi connectivity index (χ0n) is 19.2. The first-order valence-electron chi connectivity index (χ1n) is 11.2. The van der Waals surface area contributed by atoms with E-state index in [2.05, 4.69) is 5.32 Å². The molecule has 0 spiro atoms. The van der Waals surface area contributed by atoms with Gasteiger partial charge in [-0.25, -0.2) is 4.79 Å². The van der Waals surface area contributed by atoms with Crippen molar-refractivity contribution in [2.45, 2.75) is 62.8 Å². The predicted octanol–water partition coefficient (Wildman–Crippen LogP) is 4.24. The number of thioether (sulfide) groups is 1. The summed E-state index contributed by atoms with van der Waals surface area (Å²) in [6.45, 7) is 5.12. The van der Waals surface area contributed by atoms with Gasteiger partial charge in [0.25, 0.3) is 11.7 Å². The molecule has 4 unspecified atom stereocenters. The summed E-state index contributed by atoms with van der Waals surface area (Å²) < 4.78 is 30.3. The molecule has 10 heteroatoms. The molecule has 3 rings (SSSR count). The maximum atomic E-state index is 13.0. The minimum absolute atomic E-state index is 0.00680. The molecule has 2 aliphatic rings. The number of carbonyl (C=O) groups is 4. The van der Waals surface area contributed by atoms with E-state index in [4.69, 9.17) is 4.74 Å². The molecule has 3 amide bonds. The van der Waals surface area contributed by atoms with Crippen LogP contribution in [0.15, 0.2) is 41.3 Å². The molecular formula is C24H28F2N2O5S. The first-order chi connectivity index (χ1) is 16.1. The molecule has 1 aromatic carbocycles. The van der Waals surface area contributed by atoms with E-state index in [-0.39, 0.29) is 24.2 Å². The van der Waals surface area contributed by atoms with Crippen LogP contribution >= 0.6 is 11.8 Å². The number of hydrogen-bond donors (Lipinski definition) is 1. The van der Waals surface area contributed by atoms with Crippen LogP contribution in [0.5, 0.6) is 0 Å². The van der Waals surface area contributed by atoms with E-state index >= 15 is 0 Å². The number of hydrogen-bond acceptors (Lipinski definition) is 6. The Bertz CT molecular complexity index is 941. The zero-order valence-corrected chi connectivity index (χ0v) is 20.0. The number of benzene rings is 1. The number of halogens is 2. The Morgan fingerprint density at radius 3 is 2.12 bits per heavy atom. The molecule has 1 aromatic rings. The lowest BCUT2D eigenvalue weighted by Crippen LogP contribution is -2.48. The van der Waals surface area contributed by atoms with Crippen molar-refractivity contribution >= 4 is 41.1 Å². The van der Waals surface area contributed by atoms with E-state index in [9.17, 15) is 28.0 Å². The molecule has 1 N–H and O–H groups in total. The van der Waals surface area contributed by atoms with Gasteiger partial charge in [0.15, 0.2) is 6.10 Å². The van der Waals surface area contributed by atoms with Gasteiger partial charge in [0.1, 0.15) is 6.04 Å². The maximum absolute atomic E-state index is 13.0. The smallest absolute Gasteiger partial charge is 0.330 e. The number of anilines is 1. The number of nitrogens with one attached hydrogen (secondary N) is 1. The molecule has 0 bridgehead atoms. The van der Waals surface area contributed by atoms with Crippen LogP contribution in [0.3, 0.4) is 0 Å². The highest BCUT2D eigenvalue weighted by Crippen LogP contribution is 2.37. The van der Waals surface area contributed by atoms with Crippen molar-refractivity contribution in [2.75, 3.05) is 5.32 Å². The minimum atomic E-state index is -2.55. The lowest BCUT2D eigenvalue weighted by atomic mass is 9.85. The largest absolute Gasteiger partial charge is 0.451 e. The molecule has 0 aromatic heterocycles. The van der Waals surface area contributed by atoms with Crippen LogP contribution < -0.4 is 5.32 Å². The minimum Gasteiger partial charge on any atom is -0.451 e. The third kappa shape index (κ3) is 6.02. The summed E-state index contributed by atoms with van der Waals surface area (Å²) >= 11 is 0.389. The third-order valence-corrected chi connectivity index (χ3v) is 6.55. The molecule has 4 atom stereocenters. The molecule has 0 radical (unpaired) electrons. The first kappa shape index (κ1) is 25.9. The zero-order chi connectivity index (χ0) is 25.0. The van der Waals surface area contributed by atoms with Crippen molar-refractivity contribution in [1.82, 2.24) is 4.90 Å². The van der Waals surface area contributed by atoms with Gasteiger partial charge in [0.05, 0.1) is 11.8 Å². The van der Waals surface area contributed by atoms with Crippen molar-refractivity contribution in [3.05, 3.63) is 36.4 Å². The molecule has 0 saturated carbocycles. The number of carbonyl (C=O) groups excluding carboxylic acids is 4. The van der Waals surface area contributed by atoms with Gasteiger partial charge >= 0.3 is 5.97 Å². The van der Waals surface area contributed by atoms with E-state index in [0.29, 0.717) is 35.2 Å². The highest BCUT2D eigenvalue weighted by Gasteiger charge is 2.51. The Kier molecular flexibility index (Phi) is 8.46. The number of ether oxygens (including phenoxy) is 1. The summed E-state index contributed by atoms with van der Waals surface area (Å²) in [6.07, 6.45) is 3.69. The summed E-state index contributed by atoms with van der Waals surface area (Å²) in [5.74, 6) is -5.67. The van der Waals surface area contributed by atoms with Crippen LogP contribution in [-0.2, 0) is 23.9 Å². The summed E-state index contributed by atoms with van der Waals surface area (Å²) in [5.41, 5.74) is 0.353. The van der Waals surface area contributed by atoms with Gasteiger partial charge in [0, 0.05) is 10.6 Å². The quantitative estimate of drug-likeness (QED) is 0.239. The van der Waals surface area contributed by atoms with E-state index in [1.54, 1.807) is 0 Å². The first-order valence-corrected chi connectivity index (χ1v) is 12.0. The van der Waals surface area contributed by atoms with E-state index in [1.165, 1.54) is 31.2 Å². The Labute approximate surface area is 201 Å². The SMILES string of the molecule is CC(C)CC(C(=O)OC(C)C(=O)Nc1ccc(SC(F)F)cc1)N1C(=O)C2CC=CCC2C1=O. The average Bonchev–Trinajstić information content (AvgIpc) is 3.03. The van der Waals surface area contributed by atoms with E-state index in [1.807, 2.05) is 26.0 Å². The number of allylic oxidation sites excluding steroid dienone is 2. The van der Waals surface area contributed by atoms with Crippen LogP contribution in [0.1, 0.15) is 40.0 Å². The van der Waals surface area contributed by atoms with Gasteiger partial charge < -0.3 is 10.1 Å². The number of rotatable bonds is 9. The van der Waals surface area contributed by atoms with Crippen molar-refractivity contribution < 1.29 is 32.7 Å². The fourth-order valence-electron chi connectivity index (χ4n) is 4.16. The standard InChI is InChI=1S/C24H28F2N2O5S/c1-13(2)12-19(28-21(30)17-6-4-5-7-18(17)22(28)31)23(32)33-14(3)20(29)27-15-8-10-16(11-9-15)34-24(25)26/h4-5,8-11,13-14,17-19,24H,6-7,12H2,1-3H3,(H,27,29). The van der Waals surface area contributed by atoms with Crippen LogP contribution in [0.25, 0.3) is 0 Å². The average molecular weight is 495 g/mol. The van der Waals surface area contributed by atoms with Gasteiger partial charge in [-0.2, -0.15) is 8.78 Å². The fourth-order valence-corrected chi connectivity index (χ4v) is 4.66. The second-order valence-electron chi connectivity index (χ2n) is 8.82. The normalized spacial score (nSPS) is 21.6. The molecule has 34 heavy (non-hydrogen) atoms. The highest BCUT2D eigenvalue weighted by molar-refractivity contribution is 7.99. The molecule has 7 nitrogen and oxygen atoms in total. The van der Waals surface area contributed by atoms with Crippen LogP contribution in [0, 0.1) is 17.8 Å². The number of imide groups is 1. The summed E-state index contributed by atoms with van der Waals surface area (Å²) in [5, 5.41) is 2.57. The molecular weight excluding hydrogens is 466 g/mol. The second-order valence-corrected chi connectivity index (χ2v) is 9.88. The topological polar surface area (TPSA) is 92.8 Å². The number of amides is 3. The van der Waals surface area contributed by atoms with Crippen molar-refractivity contribution in [3.8, 4) is 0 Å². The number of alkyl halides is 2. The van der Waals surface area contributed by atoms with Gasteiger partial charge in [0.2, 0.25) is 11.8 Å². The van der Waals surface area contributed by atoms with E-state index < -0.39 is 41.6 Å². The van der Waals surface area contributed by atoms with Gasteiger partial charge in [-0.05, 0) is 56.4 Å². The summed E-state index contributed by atoms with van der Waals surface area (Å²) in [4.78, 5) is 52.9. The Morgan fingerprint density at radius 1 is 1.06 bits per heavy atom. The summed E-state index contributed by atoms with van der Waals surface area (Å²) in [6, 6.07) is 4.72. The lowest BCUT2D eigenvalue weighted by molar-refractivity contribution is -0.164. The van der Waals surface area contributed by atoms with Crippen molar-refractivity contribution in [2.24, 2.45) is 17.8 Å². The number of nitrogens with zero attached hydrogens (tertiary/aromatic N) is 1. The van der Waals surface area contributed by atoms with Gasteiger partial charge in [-0.3, -0.25) is 19.3 Å². The second kappa shape index (κ2) is 11.1. The number of fused-ring (bicyclic) bond motifs is 1. The predicted molar refractivity (Wildman–Crippen MR) is 123 cm³/mol. The maximum Gasteiger partial charge on any atom is 0.330 e. The molecule has 1 heterocycles. The molecule has 184 valence electrons. The number of esters is 1. The van der Waals surface area contributed by atoms with Crippen LogP contribution in [0.2, 0.25) is 0 Å². The van der Waals surface area contributed by atoms with Crippen LogP contribution in [-0.4, -0.2) is 46.5 Å². The molecule has 1 aliphatic heterocycles. The highest BCUT2D eigenvalue weighted by atomic mass is 32.2. The van der Waals surface area contributed by atoms with Crippen molar-refractivity contribution in [3.63, 3.8) is 0 Å². The lowest BCUT2D eigenvalue weighted by Gasteiger charge is -2.27. The third-order valence-electron chi connectivity index (χ3n) is 5.83. The van der Waals surface area contributed by atoms with Crippen LogP contribution in [0.4, 0.5) is 14.5 Å². The molecule has 1 aliphatic carbocycles.